The fourth-order valence-electron chi connectivity index (χ4n) is 4.83. The second-order valence-electron chi connectivity index (χ2n) is 9.74. The van der Waals surface area contributed by atoms with Gasteiger partial charge in [-0.15, -0.1) is 0 Å². The highest BCUT2D eigenvalue weighted by molar-refractivity contribution is 5.23. The Morgan fingerprint density at radius 3 is 1.23 bits per heavy atom. The van der Waals surface area contributed by atoms with Crippen LogP contribution in [0.4, 0.5) is 0 Å². The summed E-state index contributed by atoms with van der Waals surface area (Å²) in [5, 5.41) is 0. The minimum atomic E-state index is 0.347. The quantitative estimate of drug-likeness (QED) is 0.479. The smallest absolute Gasteiger partial charge is 0.00839 e. The molecule has 0 fully saturated rings. The van der Waals surface area contributed by atoms with E-state index in [0.29, 0.717) is 22.7 Å². The van der Waals surface area contributed by atoms with Gasteiger partial charge in [-0.25, -0.2) is 0 Å². The number of hydrogen-bond donors (Lipinski definition) is 0. The van der Waals surface area contributed by atoms with E-state index < -0.39 is 0 Å². The lowest BCUT2D eigenvalue weighted by molar-refractivity contribution is 0.116. The van der Waals surface area contributed by atoms with Gasteiger partial charge in [0.2, 0.25) is 0 Å². The molecule has 0 spiro atoms. The molecule has 2 aliphatic carbocycles. The van der Waals surface area contributed by atoms with Gasteiger partial charge in [0.05, 0.1) is 0 Å². The molecule has 0 N–H and O–H groups in total. The molecule has 0 aliphatic heterocycles. The first-order valence-corrected chi connectivity index (χ1v) is 9.59. The van der Waals surface area contributed by atoms with Crippen LogP contribution in [0.3, 0.4) is 0 Å². The van der Waals surface area contributed by atoms with Crippen molar-refractivity contribution < 1.29 is 0 Å². The van der Waals surface area contributed by atoms with E-state index in [2.05, 4.69) is 53.7 Å². The summed E-state index contributed by atoms with van der Waals surface area (Å²) < 4.78 is 0. The van der Waals surface area contributed by atoms with Crippen molar-refractivity contribution >= 4 is 0 Å². The van der Waals surface area contributed by atoms with Crippen molar-refractivity contribution in [3.63, 3.8) is 0 Å². The van der Waals surface area contributed by atoms with Gasteiger partial charge in [-0.2, -0.15) is 0 Å². The molecule has 0 amide bonds. The molecular weight excluding hydrogens is 264 g/mol. The van der Waals surface area contributed by atoms with Crippen molar-refractivity contribution in [3.05, 3.63) is 23.3 Å². The lowest BCUT2D eigenvalue weighted by Crippen LogP contribution is -2.39. The monoisotopic (exact) mass is 302 g/mol. The highest BCUT2D eigenvalue weighted by atomic mass is 14.5. The van der Waals surface area contributed by atoms with E-state index in [1.165, 1.54) is 51.4 Å². The molecule has 0 aromatic heterocycles. The summed E-state index contributed by atoms with van der Waals surface area (Å²) in [6.45, 7) is 14.8. The molecule has 22 heavy (non-hydrogen) atoms. The first kappa shape index (κ1) is 17.8. The topological polar surface area (TPSA) is 0 Å². The number of hydrogen-bond acceptors (Lipinski definition) is 0. The van der Waals surface area contributed by atoms with Crippen LogP contribution in [0.15, 0.2) is 23.3 Å². The van der Waals surface area contributed by atoms with E-state index in [0.717, 1.165) is 0 Å². The Kier molecular flexibility index (Phi) is 5.62. The summed E-state index contributed by atoms with van der Waals surface area (Å²) in [6.07, 6.45) is 16.1. The van der Waals surface area contributed by atoms with Crippen LogP contribution < -0.4 is 0 Å². The molecular formula is C22H38. The fourth-order valence-corrected chi connectivity index (χ4v) is 4.83. The SMILES string of the molecule is CC(C)(C)[C@H](C1=CCCCC1)[C@@H](C1=CCCCC1)C(C)(C)C. The molecule has 0 aromatic rings. The van der Waals surface area contributed by atoms with Gasteiger partial charge in [0.25, 0.3) is 0 Å². The molecule has 0 radical (unpaired) electrons. The third kappa shape index (κ3) is 4.27. The Balaban J connectivity index is 2.43. The van der Waals surface area contributed by atoms with Gasteiger partial charge in [-0.3, -0.25) is 0 Å². The van der Waals surface area contributed by atoms with Gasteiger partial charge >= 0.3 is 0 Å². The van der Waals surface area contributed by atoms with Crippen molar-refractivity contribution in [3.8, 4) is 0 Å². The van der Waals surface area contributed by atoms with Crippen LogP contribution >= 0.6 is 0 Å². The fraction of sp³-hybridized carbons (Fsp3) is 0.818. The lowest BCUT2D eigenvalue weighted by Gasteiger charge is -2.47. The molecule has 126 valence electrons. The van der Waals surface area contributed by atoms with Crippen LogP contribution in [0, 0.1) is 22.7 Å². The Morgan fingerprint density at radius 2 is 1.00 bits per heavy atom. The maximum Gasteiger partial charge on any atom is -0.00839 e. The second-order valence-corrected chi connectivity index (χ2v) is 9.74. The van der Waals surface area contributed by atoms with Crippen LogP contribution in [0.1, 0.15) is 92.9 Å². The van der Waals surface area contributed by atoms with Crippen molar-refractivity contribution in [2.24, 2.45) is 22.7 Å². The molecule has 2 aliphatic rings. The molecule has 0 nitrogen and oxygen atoms in total. The van der Waals surface area contributed by atoms with Crippen molar-refractivity contribution in [2.75, 3.05) is 0 Å². The van der Waals surface area contributed by atoms with Gasteiger partial charge in [0.15, 0.2) is 0 Å². The van der Waals surface area contributed by atoms with E-state index in [4.69, 9.17) is 0 Å². The van der Waals surface area contributed by atoms with Gasteiger partial charge in [-0.05, 0) is 74.0 Å². The summed E-state index contributed by atoms with van der Waals surface area (Å²) in [4.78, 5) is 0. The minimum absolute atomic E-state index is 0.347. The second kappa shape index (κ2) is 6.93. The first-order valence-electron chi connectivity index (χ1n) is 9.59. The molecule has 0 unspecified atom stereocenters. The normalized spacial score (nSPS) is 23.5. The van der Waals surface area contributed by atoms with Crippen molar-refractivity contribution in [1.82, 2.24) is 0 Å². The predicted octanol–water partition coefficient (Wildman–Crippen LogP) is 7.31. The molecule has 0 aromatic carbocycles. The summed E-state index contributed by atoms with van der Waals surface area (Å²) in [7, 11) is 0. The zero-order valence-electron chi connectivity index (χ0n) is 16.0. The average molecular weight is 303 g/mol. The maximum atomic E-state index is 2.60. The highest BCUT2D eigenvalue weighted by Gasteiger charge is 2.42. The number of allylic oxidation sites excluding steroid dienone is 4. The van der Waals surface area contributed by atoms with Crippen LogP contribution in [-0.4, -0.2) is 0 Å². The zero-order valence-corrected chi connectivity index (χ0v) is 16.0. The number of rotatable bonds is 3. The average Bonchev–Trinajstić information content (AvgIpc) is 2.44. The van der Waals surface area contributed by atoms with E-state index in [9.17, 15) is 0 Å². The van der Waals surface area contributed by atoms with Crippen LogP contribution in [0.25, 0.3) is 0 Å². The lowest BCUT2D eigenvalue weighted by atomic mass is 9.57. The highest BCUT2D eigenvalue weighted by Crippen LogP contribution is 2.51. The van der Waals surface area contributed by atoms with Crippen LogP contribution in [0.5, 0.6) is 0 Å². The van der Waals surface area contributed by atoms with Crippen LogP contribution in [-0.2, 0) is 0 Å². The van der Waals surface area contributed by atoms with E-state index in [1.807, 2.05) is 0 Å². The summed E-state index contributed by atoms with van der Waals surface area (Å²) in [5.74, 6) is 1.41. The van der Waals surface area contributed by atoms with Crippen molar-refractivity contribution in [2.45, 2.75) is 92.9 Å². The third-order valence-electron chi connectivity index (χ3n) is 5.65. The predicted molar refractivity (Wildman–Crippen MR) is 99.0 cm³/mol. The summed E-state index contributed by atoms with van der Waals surface area (Å²) in [5.41, 5.74) is 4.23. The van der Waals surface area contributed by atoms with Gasteiger partial charge < -0.3 is 0 Å². The Labute approximate surface area is 139 Å². The van der Waals surface area contributed by atoms with Crippen molar-refractivity contribution in [1.29, 1.82) is 0 Å². The molecule has 0 heteroatoms. The summed E-state index contributed by atoms with van der Waals surface area (Å²) >= 11 is 0. The Bertz CT molecular complexity index is 380. The molecule has 0 saturated heterocycles. The van der Waals surface area contributed by atoms with Crippen LogP contribution in [0.2, 0.25) is 0 Å². The Morgan fingerprint density at radius 1 is 0.636 bits per heavy atom. The van der Waals surface area contributed by atoms with E-state index in [-0.39, 0.29) is 0 Å². The largest absolute Gasteiger partial charge is 0.0850 e. The molecule has 0 heterocycles. The van der Waals surface area contributed by atoms with E-state index >= 15 is 0 Å². The molecule has 2 rings (SSSR count). The zero-order chi connectivity index (χ0) is 16.4. The van der Waals surface area contributed by atoms with Gasteiger partial charge in [-0.1, -0.05) is 64.8 Å². The Hall–Kier alpha value is -0.520. The standard InChI is InChI=1S/C22H38/c1-21(2,3)19(17-13-9-7-10-14-17)20(22(4,5)6)18-15-11-8-12-16-18/h13,15,19-20H,7-12,14,16H2,1-6H3/t19-,20-/m1/s1. The van der Waals surface area contributed by atoms with Gasteiger partial charge in [0, 0.05) is 0 Å². The van der Waals surface area contributed by atoms with Gasteiger partial charge in [0.1, 0.15) is 0 Å². The summed E-state index contributed by atoms with van der Waals surface area (Å²) in [6, 6.07) is 0. The van der Waals surface area contributed by atoms with E-state index in [1.54, 1.807) is 11.1 Å². The molecule has 2 atom stereocenters. The third-order valence-corrected chi connectivity index (χ3v) is 5.65. The molecule has 0 bridgehead atoms. The minimum Gasteiger partial charge on any atom is -0.0850 e. The first-order chi connectivity index (χ1) is 10.2. The maximum absolute atomic E-state index is 2.60. The molecule has 0 saturated carbocycles.